The van der Waals surface area contributed by atoms with Crippen molar-refractivity contribution in [3.8, 4) is 11.5 Å². The third-order valence-electron chi connectivity index (χ3n) is 4.01. The first-order valence-corrected chi connectivity index (χ1v) is 10.1. The summed E-state index contributed by atoms with van der Waals surface area (Å²) in [7, 11) is 0. The molecule has 3 aromatic rings. The van der Waals surface area contributed by atoms with Gasteiger partial charge >= 0.3 is 0 Å². The number of hydrogen-bond acceptors (Lipinski definition) is 5. The van der Waals surface area contributed by atoms with Crippen LogP contribution in [-0.4, -0.2) is 24.0 Å². The number of aryl methyl sites for hydroxylation is 2. The maximum atomic E-state index is 12.3. The number of aromatic nitrogens is 1. The molecule has 1 N–H and O–H groups in total. The van der Waals surface area contributed by atoms with Crippen molar-refractivity contribution in [2.24, 2.45) is 0 Å². The minimum Gasteiger partial charge on any atom is -0.494 e. The summed E-state index contributed by atoms with van der Waals surface area (Å²) in [5.74, 6) is 1.39. The summed E-state index contributed by atoms with van der Waals surface area (Å²) >= 11 is 1.59. The van der Waals surface area contributed by atoms with Crippen LogP contribution in [0.25, 0.3) is 0 Å². The van der Waals surface area contributed by atoms with E-state index in [2.05, 4.69) is 10.3 Å². The first kappa shape index (κ1) is 19.9. The van der Waals surface area contributed by atoms with E-state index in [1.807, 2.05) is 55.6 Å². The molecule has 1 aromatic heterocycles. The van der Waals surface area contributed by atoms with E-state index in [4.69, 9.17) is 9.47 Å². The van der Waals surface area contributed by atoms with Crippen molar-refractivity contribution in [1.29, 1.82) is 0 Å². The lowest BCUT2D eigenvalue weighted by Crippen LogP contribution is -2.25. The number of nitrogens with zero attached hydrogens (tertiary/aromatic N) is 1. The van der Waals surface area contributed by atoms with Gasteiger partial charge in [-0.3, -0.25) is 4.79 Å². The third-order valence-corrected chi connectivity index (χ3v) is 4.84. The highest BCUT2D eigenvalue weighted by molar-refractivity contribution is 7.09. The highest BCUT2D eigenvalue weighted by atomic mass is 32.1. The van der Waals surface area contributed by atoms with Gasteiger partial charge in [-0.15, -0.1) is 11.3 Å². The van der Waals surface area contributed by atoms with Crippen molar-refractivity contribution in [3.63, 3.8) is 0 Å². The maximum Gasteiger partial charge on any atom is 0.251 e. The predicted octanol–water partition coefficient (Wildman–Crippen LogP) is 4.54. The van der Waals surface area contributed by atoms with Crippen LogP contribution in [-0.2, 0) is 6.61 Å². The first-order chi connectivity index (χ1) is 13.6. The zero-order chi connectivity index (χ0) is 19.8. The van der Waals surface area contributed by atoms with Gasteiger partial charge in [-0.2, -0.15) is 0 Å². The quantitative estimate of drug-likeness (QED) is 0.540. The van der Waals surface area contributed by atoms with Crippen LogP contribution >= 0.6 is 11.3 Å². The van der Waals surface area contributed by atoms with Gasteiger partial charge < -0.3 is 14.8 Å². The van der Waals surface area contributed by atoms with Crippen molar-refractivity contribution in [3.05, 3.63) is 75.7 Å². The summed E-state index contributed by atoms with van der Waals surface area (Å²) in [4.78, 5) is 16.7. The van der Waals surface area contributed by atoms with E-state index >= 15 is 0 Å². The van der Waals surface area contributed by atoms with Crippen molar-refractivity contribution in [2.75, 3.05) is 13.2 Å². The molecule has 0 aliphatic rings. The van der Waals surface area contributed by atoms with Crippen LogP contribution in [0.1, 0.15) is 33.0 Å². The Balaban J connectivity index is 1.41. The number of carbonyl (C=O) groups excluding carboxylic acids is 1. The van der Waals surface area contributed by atoms with E-state index < -0.39 is 0 Å². The summed E-state index contributed by atoms with van der Waals surface area (Å²) in [6, 6.07) is 15.1. The zero-order valence-electron chi connectivity index (χ0n) is 16.1. The lowest BCUT2D eigenvalue weighted by molar-refractivity contribution is 0.0951. The Morgan fingerprint density at radius 2 is 1.86 bits per heavy atom. The van der Waals surface area contributed by atoms with Crippen molar-refractivity contribution in [1.82, 2.24) is 10.3 Å². The number of rotatable bonds is 9. The standard InChI is InChI=1S/C22H24N2O3S/c1-16-6-3-8-20(12-16)26-11-5-10-23-22(25)18-7-4-9-21(13-18)27-14-19-15-28-17(2)24-19/h3-4,6-9,12-13,15H,5,10-11,14H2,1-2H3,(H,23,25). The lowest BCUT2D eigenvalue weighted by Gasteiger charge is -2.09. The summed E-state index contributed by atoms with van der Waals surface area (Å²) in [6.07, 6.45) is 0.735. The minimum absolute atomic E-state index is 0.120. The summed E-state index contributed by atoms with van der Waals surface area (Å²) in [6.45, 7) is 5.49. The molecule has 146 valence electrons. The van der Waals surface area contributed by atoms with Crippen molar-refractivity contribution >= 4 is 17.2 Å². The number of carbonyl (C=O) groups is 1. The highest BCUT2D eigenvalue weighted by Gasteiger charge is 2.07. The number of nitrogens with one attached hydrogen (secondary N) is 1. The van der Waals surface area contributed by atoms with Crippen LogP contribution in [0.4, 0.5) is 0 Å². The van der Waals surface area contributed by atoms with Gasteiger partial charge in [0.25, 0.3) is 5.91 Å². The smallest absolute Gasteiger partial charge is 0.251 e. The number of thiazole rings is 1. The molecule has 0 aliphatic heterocycles. The molecule has 0 saturated carbocycles. The second-order valence-electron chi connectivity index (χ2n) is 6.45. The molecule has 0 aliphatic carbocycles. The SMILES string of the molecule is Cc1cccc(OCCCNC(=O)c2cccc(OCc3csc(C)n3)c2)c1. The molecule has 0 saturated heterocycles. The van der Waals surface area contributed by atoms with E-state index in [-0.39, 0.29) is 5.91 Å². The van der Waals surface area contributed by atoms with Gasteiger partial charge in [0, 0.05) is 17.5 Å². The van der Waals surface area contributed by atoms with E-state index in [0.717, 1.165) is 28.4 Å². The van der Waals surface area contributed by atoms with Crippen LogP contribution in [0.5, 0.6) is 11.5 Å². The molecule has 0 radical (unpaired) electrons. The Labute approximate surface area is 169 Å². The molecule has 1 heterocycles. The third kappa shape index (κ3) is 6.09. The Morgan fingerprint density at radius 3 is 2.61 bits per heavy atom. The van der Waals surface area contributed by atoms with Gasteiger partial charge in [-0.25, -0.2) is 4.98 Å². The molecule has 28 heavy (non-hydrogen) atoms. The molecule has 0 fully saturated rings. The number of amides is 1. The second kappa shape index (κ2) is 9.90. The number of hydrogen-bond donors (Lipinski definition) is 1. The van der Waals surface area contributed by atoms with E-state index in [1.165, 1.54) is 0 Å². The normalized spacial score (nSPS) is 10.5. The lowest BCUT2D eigenvalue weighted by atomic mass is 10.2. The maximum absolute atomic E-state index is 12.3. The van der Waals surface area contributed by atoms with Crippen LogP contribution < -0.4 is 14.8 Å². The Kier molecular flexibility index (Phi) is 7.03. The van der Waals surface area contributed by atoms with Gasteiger partial charge in [0.05, 0.1) is 17.3 Å². The Bertz CT molecular complexity index is 923. The molecule has 2 aromatic carbocycles. The van der Waals surface area contributed by atoms with E-state index in [1.54, 1.807) is 23.5 Å². The predicted molar refractivity (Wildman–Crippen MR) is 111 cm³/mol. The van der Waals surface area contributed by atoms with Gasteiger partial charge in [0.1, 0.15) is 18.1 Å². The largest absolute Gasteiger partial charge is 0.494 e. The first-order valence-electron chi connectivity index (χ1n) is 9.22. The van der Waals surface area contributed by atoms with Crippen LogP contribution in [0.2, 0.25) is 0 Å². The second-order valence-corrected chi connectivity index (χ2v) is 7.51. The van der Waals surface area contributed by atoms with Gasteiger partial charge in [-0.05, 0) is 56.2 Å². The average Bonchev–Trinajstić information content (AvgIpc) is 3.11. The average molecular weight is 397 g/mol. The summed E-state index contributed by atoms with van der Waals surface area (Å²) in [5.41, 5.74) is 2.63. The van der Waals surface area contributed by atoms with Crippen LogP contribution in [0.3, 0.4) is 0 Å². The zero-order valence-corrected chi connectivity index (χ0v) is 16.9. The van der Waals surface area contributed by atoms with Gasteiger partial charge in [0.2, 0.25) is 0 Å². The molecule has 3 rings (SSSR count). The summed E-state index contributed by atoms with van der Waals surface area (Å²) in [5, 5.41) is 5.90. The van der Waals surface area contributed by atoms with Gasteiger partial charge in [-0.1, -0.05) is 18.2 Å². The van der Waals surface area contributed by atoms with Crippen LogP contribution in [0, 0.1) is 13.8 Å². The fourth-order valence-electron chi connectivity index (χ4n) is 2.63. The fourth-order valence-corrected chi connectivity index (χ4v) is 3.23. The van der Waals surface area contributed by atoms with Crippen molar-refractivity contribution in [2.45, 2.75) is 26.9 Å². The highest BCUT2D eigenvalue weighted by Crippen LogP contribution is 2.16. The Morgan fingerprint density at radius 1 is 1.07 bits per heavy atom. The molecule has 0 unspecified atom stereocenters. The molecular formula is C22H24N2O3S. The number of benzene rings is 2. The molecular weight excluding hydrogens is 372 g/mol. The molecule has 0 bridgehead atoms. The minimum atomic E-state index is -0.120. The fraction of sp³-hybridized carbons (Fsp3) is 0.273. The molecule has 0 spiro atoms. The topological polar surface area (TPSA) is 60.5 Å². The Hall–Kier alpha value is -2.86. The molecule has 1 amide bonds. The monoisotopic (exact) mass is 396 g/mol. The molecule has 6 heteroatoms. The molecule has 5 nitrogen and oxygen atoms in total. The van der Waals surface area contributed by atoms with E-state index in [0.29, 0.717) is 31.1 Å². The summed E-state index contributed by atoms with van der Waals surface area (Å²) < 4.78 is 11.4. The van der Waals surface area contributed by atoms with E-state index in [9.17, 15) is 4.79 Å². The molecule has 0 atom stereocenters. The van der Waals surface area contributed by atoms with Gasteiger partial charge in [0.15, 0.2) is 0 Å². The number of ether oxygens (including phenoxy) is 2. The van der Waals surface area contributed by atoms with Crippen molar-refractivity contribution < 1.29 is 14.3 Å². The van der Waals surface area contributed by atoms with Crippen LogP contribution in [0.15, 0.2) is 53.9 Å².